The SMILES string of the molecule is O=C(CC1CC1)N1CCN(c2cnccc2-c2cccc(F)c2)CC1. The first kappa shape index (κ1) is 16.1. The number of benzene rings is 1. The summed E-state index contributed by atoms with van der Waals surface area (Å²) >= 11 is 0. The Labute approximate surface area is 147 Å². The van der Waals surface area contributed by atoms with Gasteiger partial charge in [-0.2, -0.15) is 0 Å². The third kappa shape index (κ3) is 3.65. The molecule has 2 fully saturated rings. The Morgan fingerprint density at radius 1 is 1.16 bits per heavy atom. The molecule has 130 valence electrons. The molecule has 2 aromatic rings. The molecule has 1 saturated carbocycles. The van der Waals surface area contributed by atoms with Gasteiger partial charge in [-0.25, -0.2) is 4.39 Å². The summed E-state index contributed by atoms with van der Waals surface area (Å²) in [5, 5.41) is 0. The fraction of sp³-hybridized carbons (Fsp3) is 0.400. The van der Waals surface area contributed by atoms with E-state index in [1.807, 2.05) is 23.2 Å². The molecule has 1 amide bonds. The van der Waals surface area contributed by atoms with E-state index >= 15 is 0 Å². The first-order valence-electron chi connectivity index (χ1n) is 8.93. The van der Waals surface area contributed by atoms with Crippen LogP contribution in [0.5, 0.6) is 0 Å². The zero-order chi connectivity index (χ0) is 17.2. The summed E-state index contributed by atoms with van der Waals surface area (Å²) < 4.78 is 13.6. The number of amides is 1. The van der Waals surface area contributed by atoms with E-state index in [1.165, 1.54) is 18.9 Å². The number of anilines is 1. The smallest absolute Gasteiger partial charge is 0.222 e. The Kier molecular flexibility index (Phi) is 4.38. The number of carbonyl (C=O) groups is 1. The molecule has 0 spiro atoms. The molecule has 1 saturated heterocycles. The maximum absolute atomic E-state index is 13.6. The van der Waals surface area contributed by atoms with Crippen LogP contribution < -0.4 is 4.90 Å². The van der Waals surface area contributed by atoms with Gasteiger partial charge in [0.2, 0.25) is 5.91 Å². The molecule has 2 heterocycles. The maximum atomic E-state index is 13.6. The second kappa shape index (κ2) is 6.82. The Balaban J connectivity index is 1.49. The molecule has 1 aliphatic heterocycles. The largest absolute Gasteiger partial charge is 0.366 e. The van der Waals surface area contributed by atoms with Gasteiger partial charge in [0.15, 0.2) is 0 Å². The number of piperazine rings is 1. The minimum atomic E-state index is -0.240. The predicted octanol–water partition coefficient (Wildman–Crippen LogP) is 3.34. The summed E-state index contributed by atoms with van der Waals surface area (Å²) in [6.07, 6.45) is 6.69. The quantitative estimate of drug-likeness (QED) is 0.857. The van der Waals surface area contributed by atoms with Gasteiger partial charge in [0.25, 0.3) is 0 Å². The predicted molar refractivity (Wildman–Crippen MR) is 95.8 cm³/mol. The molecule has 5 heteroatoms. The fourth-order valence-electron chi connectivity index (χ4n) is 3.43. The minimum absolute atomic E-state index is 0.240. The number of aromatic nitrogens is 1. The minimum Gasteiger partial charge on any atom is -0.366 e. The van der Waals surface area contributed by atoms with Crippen LogP contribution in [0.25, 0.3) is 11.1 Å². The van der Waals surface area contributed by atoms with Gasteiger partial charge in [-0.05, 0) is 42.5 Å². The molecule has 4 nitrogen and oxygen atoms in total. The van der Waals surface area contributed by atoms with Crippen LogP contribution in [-0.2, 0) is 4.79 Å². The van der Waals surface area contributed by atoms with Crippen molar-refractivity contribution < 1.29 is 9.18 Å². The van der Waals surface area contributed by atoms with E-state index in [0.29, 0.717) is 18.2 Å². The molecule has 1 aliphatic carbocycles. The summed E-state index contributed by atoms with van der Waals surface area (Å²) in [6, 6.07) is 8.57. The van der Waals surface area contributed by atoms with Gasteiger partial charge in [-0.1, -0.05) is 12.1 Å². The van der Waals surface area contributed by atoms with Crippen LogP contribution in [0.1, 0.15) is 19.3 Å². The van der Waals surface area contributed by atoms with Gasteiger partial charge in [0.05, 0.1) is 11.9 Å². The molecule has 0 radical (unpaired) electrons. The Hall–Kier alpha value is -2.43. The van der Waals surface area contributed by atoms with E-state index < -0.39 is 0 Å². The van der Waals surface area contributed by atoms with Crippen molar-refractivity contribution in [2.24, 2.45) is 5.92 Å². The van der Waals surface area contributed by atoms with Gasteiger partial charge in [-0.3, -0.25) is 9.78 Å². The molecule has 0 unspecified atom stereocenters. The summed E-state index contributed by atoms with van der Waals surface area (Å²) in [5.74, 6) is 0.679. The van der Waals surface area contributed by atoms with Gasteiger partial charge in [0, 0.05) is 44.4 Å². The lowest BCUT2D eigenvalue weighted by Gasteiger charge is -2.37. The van der Waals surface area contributed by atoms with Crippen LogP contribution >= 0.6 is 0 Å². The lowest BCUT2D eigenvalue weighted by atomic mass is 10.0. The summed E-state index contributed by atoms with van der Waals surface area (Å²) in [5.41, 5.74) is 2.83. The van der Waals surface area contributed by atoms with E-state index in [-0.39, 0.29) is 5.82 Å². The van der Waals surface area contributed by atoms with E-state index in [0.717, 1.165) is 43.0 Å². The maximum Gasteiger partial charge on any atom is 0.222 e. The Bertz CT molecular complexity index is 767. The van der Waals surface area contributed by atoms with Crippen molar-refractivity contribution in [1.29, 1.82) is 0 Å². The number of rotatable bonds is 4. The normalized spacial score (nSPS) is 17.6. The second-order valence-corrected chi connectivity index (χ2v) is 6.92. The standard InChI is InChI=1S/C20H22FN3O/c21-17-3-1-2-16(13-17)18-6-7-22-14-19(18)23-8-10-24(11-9-23)20(25)12-15-4-5-15/h1-3,6-7,13-15H,4-5,8-12H2. The molecule has 0 bridgehead atoms. The van der Waals surface area contributed by atoms with Crippen molar-refractivity contribution in [3.8, 4) is 11.1 Å². The van der Waals surface area contributed by atoms with Gasteiger partial charge >= 0.3 is 0 Å². The highest BCUT2D eigenvalue weighted by atomic mass is 19.1. The summed E-state index contributed by atoms with van der Waals surface area (Å²) in [7, 11) is 0. The van der Waals surface area contributed by atoms with Crippen molar-refractivity contribution in [3.63, 3.8) is 0 Å². The van der Waals surface area contributed by atoms with Crippen LogP contribution in [0.15, 0.2) is 42.7 Å². The number of nitrogens with zero attached hydrogens (tertiary/aromatic N) is 3. The zero-order valence-corrected chi connectivity index (χ0v) is 14.2. The zero-order valence-electron chi connectivity index (χ0n) is 14.2. The summed E-state index contributed by atoms with van der Waals surface area (Å²) in [4.78, 5) is 20.7. The average molecular weight is 339 g/mol. The van der Waals surface area contributed by atoms with Gasteiger partial charge < -0.3 is 9.80 Å². The van der Waals surface area contributed by atoms with Crippen LogP contribution in [-0.4, -0.2) is 42.0 Å². The Morgan fingerprint density at radius 3 is 2.68 bits per heavy atom. The van der Waals surface area contributed by atoms with Gasteiger partial charge in [-0.15, -0.1) is 0 Å². The highest BCUT2D eigenvalue weighted by Crippen LogP contribution is 2.34. The first-order valence-corrected chi connectivity index (χ1v) is 8.93. The van der Waals surface area contributed by atoms with E-state index in [4.69, 9.17) is 0 Å². The highest BCUT2D eigenvalue weighted by molar-refractivity contribution is 5.79. The molecule has 4 rings (SSSR count). The third-order valence-electron chi connectivity index (χ3n) is 5.07. The molecule has 0 N–H and O–H groups in total. The number of halogens is 1. The first-order chi connectivity index (χ1) is 12.2. The highest BCUT2D eigenvalue weighted by Gasteiger charge is 2.29. The number of carbonyl (C=O) groups excluding carboxylic acids is 1. The molecular formula is C20H22FN3O. The average Bonchev–Trinajstić information content (AvgIpc) is 3.46. The number of pyridine rings is 1. The van der Waals surface area contributed by atoms with Crippen molar-refractivity contribution in [1.82, 2.24) is 9.88 Å². The second-order valence-electron chi connectivity index (χ2n) is 6.92. The molecule has 0 atom stereocenters. The number of hydrogen-bond donors (Lipinski definition) is 0. The van der Waals surface area contributed by atoms with Crippen LogP contribution in [0, 0.1) is 11.7 Å². The molecular weight excluding hydrogens is 317 g/mol. The third-order valence-corrected chi connectivity index (χ3v) is 5.07. The van der Waals surface area contributed by atoms with E-state index in [2.05, 4.69) is 9.88 Å². The molecule has 1 aromatic carbocycles. The lowest BCUT2D eigenvalue weighted by molar-refractivity contribution is -0.131. The molecule has 2 aliphatic rings. The van der Waals surface area contributed by atoms with Crippen LogP contribution in [0.2, 0.25) is 0 Å². The molecule has 1 aromatic heterocycles. The fourth-order valence-corrected chi connectivity index (χ4v) is 3.43. The number of hydrogen-bond acceptors (Lipinski definition) is 3. The van der Waals surface area contributed by atoms with Crippen LogP contribution in [0.4, 0.5) is 10.1 Å². The van der Waals surface area contributed by atoms with Crippen molar-refractivity contribution in [3.05, 3.63) is 48.5 Å². The summed E-state index contributed by atoms with van der Waals surface area (Å²) in [6.45, 7) is 3.04. The topological polar surface area (TPSA) is 36.4 Å². The monoisotopic (exact) mass is 339 g/mol. The van der Waals surface area contributed by atoms with Crippen molar-refractivity contribution in [2.75, 3.05) is 31.1 Å². The van der Waals surface area contributed by atoms with Gasteiger partial charge in [0.1, 0.15) is 5.82 Å². The molecule has 25 heavy (non-hydrogen) atoms. The van der Waals surface area contributed by atoms with E-state index in [9.17, 15) is 9.18 Å². The van der Waals surface area contributed by atoms with Crippen molar-refractivity contribution in [2.45, 2.75) is 19.3 Å². The Morgan fingerprint density at radius 2 is 1.96 bits per heavy atom. The van der Waals surface area contributed by atoms with E-state index in [1.54, 1.807) is 18.3 Å². The lowest BCUT2D eigenvalue weighted by Crippen LogP contribution is -2.49. The van der Waals surface area contributed by atoms with Crippen molar-refractivity contribution >= 4 is 11.6 Å². The van der Waals surface area contributed by atoms with Crippen LogP contribution in [0.3, 0.4) is 0 Å².